The van der Waals surface area contributed by atoms with Crippen LogP contribution in [-0.2, 0) is 0 Å². The van der Waals surface area contributed by atoms with Gasteiger partial charge in [0.05, 0.1) is 4.70 Å². The van der Waals surface area contributed by atoms with E-state index in [9.17, 15) is 4.79 Å². The summed E-state index contributed by atoms with van der Waals surface area (Å²) < 4.78 is 1.13. The number of nitrogens with one attached hydrogen (secondary N) is 1. The van der Waals surface area contributed by atoms with Crippen molar-refractivity contribution in [1.29, 1.82) is 0 Å². The molecule has 3 saturated heterocycles. The van der Waals surface area contributed by atoms with Crippen molar-refractivity contribution in [1.82, 2.24) is 15.2 Å². The Balaban J connectivity index is 0.000000882. The van der Waals surface area contributed by atoms with E-state index in [1.54, 1.807) is 17.5 Å². The Morgan fingerprint density at radius 2 is 2.09 bits per heavy atom. The Labute approximate surface area is 146 Å². The first-order valence-corrected chi connectivity index (χ1v) is 8.04. The Kier molecular flexibility index (Phi) is 5.66. The average molecular weight is 360 g/mol. The maximum Gasteiger partial charge on any atom is 0.270 e. The van der Waals surface area contributed by atoms with Gasteiger partial charge in [-0.1, -0.05) is 0 Å². The molecule has 0 aliphatic carbocycles. The van der Waals surface area contributed by atoms with Gasteiger partial charge >= 0.3 is 0 Å². The summed E-state index contributed by atoms with van der Waals surface area (Å²) in [6, 6.07) is 4.22. The zero-order chi connectivity index (χ0) is 13.5. The van der Waals surface area contributed by atoms with Gasteiger partial charge in [-0.25, -0.2) is 4.98 Å². The van der Waals surface area contributed by atoms with Crippen LogP contribution in [0, 0.1) is 5.92 Å². The van der Waals surface area contributed by atoms with E-state index in [1.807, 2.05) is 17.5 Å². The molecule has 2 aromatic rings. The van der Waals surface area contributed by atoms with Crippen molar-refractivity contribution < 1.29 is 4.79 Å². The minimum atomic E-state index is -0.0307. The number of nitrogens with zero attached hydrogens (tertiary/aromatic N) is 2. The topological polar surface area (TPSA) is 45.2 Å². The molecule has 1 N–H and O–H groups in total. The maximum absolute atomic E-state index is 12.4. The predicted octanol–water partition coefficient (Wildman–Crippen LogP) is 2.96. The third-order valence-electron chi connectivity index (χ3n) is 4.55. The number of pyridine rings is 1. The van der Waals surface area contributed by atoms with Crippen LogP contribution in [0.4, 0.5) is 0 Å². The van der Waals surface area contributed by atoms with Gasteiger partial charge in [-0.15, -0.1) is 36.2 Å². The van der Waals surface area contributed by atoms with Crippen LogP contribution in [0.5, 0.6) is 0 Å². The van der Waals surface area contributed by atoms with Crippen LogP contribution < -0.4 is 5.32 Å². The molecule has 0 radical (unpaired) electrons. The van der Waals surface area contributed by atoms with Gasteiger partial charge in [0, 0.05) is 18.8 Å². The summed E-state index contributed by atoms with van der Waals surface area (Å²) in [6.45, 7) is 3.38. The molecule has 0 aromatic carbocycles. The summed E-state index contributed by atoms with van der Waals surface area (Å²) in [6.07, 6.45) is 4.22. The molecular weight excluding hydrogens is 341 g/mol. The first kappa shape index (κ1) is 17.5. The van der Waals surface area contributed by atoms with Crippen LogP contribution in [0.2, 0.25) is 0 Å². The maximum atomic E-state index is 12.4. The molecular formula is C15H19Cl2N3OS. The minimum absolute atomic E-state index is 0. The molecule has 0 unspecified atom stereocenters. The predicted molar refractivity (Wildman–Crippen MR) is 94.5 cm³/mol. The zero-order valence-electron chi connectivity index (χ0n) is 12.0. The second-order valence-corrected chi connectivity index (χ2v) is 6.69. The van der Waals surface area contributed by atoms with Gasteiger partial charge in [-0.2, -0.15) is 0 Å². The molecule has 0 saturated carbocycles. The van der Waals surface area contributed by atoms with Crippen molar-refractivity contribution in [2.75, 3.05) is 19.6 Å². The number of fused-ring (bicyclic) bond motifs is 4. The summed E-state index contributed by atoms with van der Waals surface area (Å²) in [5.74, 6) is 0.616. The number of piperidine rings is 3. The number of thiophene rings is 1. The molecule has 5 rings (SSSR count). The lowest BCUT2D eigenvalue weighted by atomic mass is 9.84. The summed E-state index contributed by atoms with van der Waals surface area (Å²) in [4.78, 5) is 19.1. The van der Waals surface area contributed by atoms with E-state index >= 15 is 0 Å². The molecule has 3 aliphatic rings. The van der Waals surface area contributed by atoms with E-state index in [0.717, 1.165) is 16.6 Å². The highest BCUT2D eigenvalue weighted by molar-refractivity contribution is 7.17. The summed E-state index contributed by atoms with van der Waals surface area (Å²) >= 11 is 1.65. The molecule has 120 valence electrons. The monoisotopic (exact) mass is 359 g/mol. The van der Waals surface area contributed by atoms with Crippen molar-refractivity contribution in [3.63, 3.8) is 0 Å². The fourth-order valence-electron chi connectivity index (χ4n) is 3.36. The van der Waals surface area contributed by atoms with E-state index < -0.39 is 0 Å². The fraction of sp³-hybridized carbons (Fsp3) is 0.467. The average Bonchev–Trinajstić information content (AvgIpc) is 2.96. The Bertz CT molecular complexity index is 655. The Morgan fingerprint density at radius 3 is 2.77 bits per heavy atom. The van der Waals surface area contributed by atoms with E-state index in [0.29, 0.717) is 17.7 Å². The van der Waals surface area contributed by atoms with Crippen LogP contribution in [-0.4, -0.2) is 41.5 Å². The van der Waals surface area contributed by atoms with Crippen LogP contribution in [0.15, 0.2) is 23.7 Å². The van der Waals surface area contributed by atoms with Gasteiger partial charge < -0.3 is 10.2 Å². The lowest BCUT2D eigenvalue weighted by Crippen LogP contribution is -2.57. The molecule has 22 heavy (non-hydrogen) atoms. The number of amides is 1. The molecule has 5 heterocycles. The van der Waals surface area contributed by atoms with Gasteiger partial charge in [0.15, 0.2) is 0 Å². The highest BCUT2D eigenvalue weighted by Gasteiger charge is 2.35. The number of halogens is 2. The summed E-state index contributed by atoms with van der Waals surface area (Å²) in [7, 11) is 0. The fourth-order valence-corrected chi connectivity index (χ4v) is 4.10. The van der Waals surface area contributed by atoms with Crippen LogP contribution >= 0.6 is 36.2 Å². The van der Waals surface area contributed by atoms with Gasteiger partial charge in [0.1, 0.15) is 5.69 Å². The van der Waals surface area contributed by atoms with Crippen LogP contribution in [0.3, 0.4) is 0 Å². The number of aromatic nitrogens is 1. The number of hydrogen-bond acceptors (Lipinski definition) is 4. The molecule has 1 atom stereocenters. The van der Waals surface area contributed by atoms with E-state index in [-0.39, 0.29) is 30.7 Å². The third kappa shape index (κ3) is 3.23. The summed E-state index contributed by atoms with van der Waals surface area (Å²) in [5, 5.41) is 6.31. The van der Waals surface area contributed by atoms with Gasteiger partial charge in [-0.05, 0) is 54.7 Å². The second kappa shape index (κ2) is 7.13. The Hall–Kier alpha value is -0.880. The van der Waals surface area contributed by atoms with E-state index in [4.69, 9.17) is 0 Å². The third-order valence-corrected chi connectivity index (χ3v) is 5.41. The summed E-state index contributed by atoms with van der Waals surface area (Å²) in [5.41, 5.74) is 0.535. The van der Waals surface area contributed by atoms with Crippen LogP contribution in [0.25, 0.3) is 10.1 Å². The first-order valence-electron chi connectivity index (χ1n) is 7.16. The van der Waals surface area contributed by atoms with Crippen molar-refractivity contribution >= 4 is 52.1 Å². The zero-order valence-corrected chi connectivity index (χ0v) is 14.5. The van der Waals surface area contributed by atoms with Crippen molar-refractivity contribution in [3.8, 4) is 0 Å². The second-order valence-electron chi connectivity index (χ2n) is 5.75. The first-order chi connectivity index (χ1) is 9.79. The van der Waals surface area contributed by atoms with Gasteiger partial charge in [0.25, 0.3) is 5.91 Å². The number of carbonyl (C=O) groups is 1. The van der Waals surface area contributed by atoms with Crippen molar-refractivity contribution in [3.05, 3.63) is 29.4 Å². The molecule has 2 aromatic heterocycles. The van der Waals surface area contributed by atoms with Gasteiger partial charge in [0.2, 0.25) is 0 Å². The van der Waals surface area contributed by atoms with Crippen molar-refractivity contribution in [2.45, 2.75) is 18.9 Å². The van der Waals surface area contributed by atoms with Gasteiger partial charge in [-0.3, -0.25) is 4.79 Å². The SMILES string of the molecule is Cl.Cl.O=C(N[C@H]1CN2CCC1CC2)c1cc2ccsc2cn1. The minimum Gasteiger partial charge on any atom is -0.346 e. The lowest BCUT2D eigenvalue weighted by Gasteiger charge is -2.44. The van der Waals surface area contributed by atoms with E-state index in [2.05, 4.69) is 15.2 Å². The standard InChI is InChI=1S/C15H17N3OS.2ClH/c19-15(12-7-11-3-6-20-14(11)8-16-12)17-13-9-18-4-1-10(13)2-5-18;;/h3,6-8,10,13H,1-2,4-5,9H2,(H,17,19);2*1H/t13-;;/m0../s1. The smallest absolute Gasteiger partial charge is 0.270 e. The number of hydrogen-bond donors (Lipinski definition) is 1. The largest absolute Gasteiger partial charge is 0.346 e. The molecule has 3 fully saturated rings. The highest BCUT2D eigenvalue weighted by Crippen LogP contribution is 2.27. The van der Waals surface area contributed by atoms with E-state index in [1.165, 1.54) is 25.9 Å². The van der Waals surface area contributed by atoms with Crippen LogP contribution in [0.1, 0.15) is 23.3 Å². The number of rotatable bonds is 2. The molecule has 1 amide bonds. The van der Waals surface area contributed by atoms with Crippen molar-refractivity contribution in [2.24, 2.45) is 5.92 Å². The normalized spacial score (nSPS) is 26.1. The lowest BCUT2D eigenvalue weighted by molar-refractivity contribution is 0.0618. The molecule has 4 nitrogen and oxygen atoms in total. The molecule has 0 spiro atoms. The molecule has 3 aliphatic heterocycles. The Morgan fingerprint density at radius 1 is 1.32 bits per heavy atom. The highest BCUT2D eigenvalue weighted by atomic mass is 35.5. The quantitative estimate of drug-likeness (QED) is 0.896. The molecule has 7 heteroatoms. The molecule has 2 bridgehead atoms. The number of carbonyl (C=O) groups excluding carboxylic acids is 1.